The van der Waals surface area contributed by atoms with E-state index >= 15 is 0 Å². The summed E-state index contributed by atoms with van der Waals surface area (Å²) in [7, 11) is 1.63. The molecule has 0 aromatic carbocycles. The third-order valence-corrected chi connectivity index (χ3v) is 3.96. The van der Waals surface area contributed by atoms with Crippen molar-refractivity contribution in [1.82, 2.24) is 10.2 Å². The molecule has 0 saturated carbocycles. The summed E-state index contributed by atoms with van der Waals surface area (Å²) in [5.74, 6) is 1.19. The minimum absolute atomic E-state index is 0.0333. The maximum atomic E-state index is 12.8. The zero-order valence-corrected chi connectivity index (χ0v) is 15.5. The molecule has 1 atom stereocenters. The number of furan rings is 1. The average Bonchev–Trinajstić information content (AvgIpc) is 2.88. The van der Waals surface area contributed by atoms with Crippen LogP contribution in [0.2, 0.25) is 0 Å². The Kier molecular flexibility index (Phi) is 8.54. The highest BCUT2D eigenvalue weighted by molar-refractivity contribution is 5.95. The van der Waals surface area contributed by atoms with Crippen molar-refractivity contribution in [1.29, 1.82) is 0 Å². The van der Waals surface area contributed by atoms with Gasteiger partial charge >= 0.3 is 0 Å². The number of aryl methyl sites for hydroxylation is 2. The maximum absolute atomic E-state index is 12.8. The lowest BCUT2D eigenvalue weighted by atomic mass is 10.2. The van der Waals surface area contributed by atoms with Gasteiger partial charge < -0.3 is 19.4 Å². The van der Waals surface area contributed by atoms with E-state index < -0.39 is 0 Å². The van der Waals surface area contributed by atoms with Crippen LogP contribution in [0.4, 0.5) is 0 Å². The van der Waals surface area contributed by atoms with Crippen LogP contribution in [0.3, 0.4) is 0 Å². The van der Waals surface area contributed by atoms with Crippen molar-refractivity contribution in [3.05, 3.63) is 23.2 Å². The van der Waals surface area contributed by atoms with Crippen LogP contribution >= 0.6 is 0 Å². The van der Waals surface area contributed by atoms with E-state index in [2.05, 4.69) is 5.32 Å². The van der Waals surface area contributed by atoms with Gasteiger partial charge in [0, 0.05) is 39.3 Å². The van der Waals surface area contributed by atoms with Gasteiger partial charge in [-0.3, -0.25) is 9.59 Å². The number of nitrogens with zero attached hydrogens (tertiary/aromatic N) is 1. The monoisotopic (exact) mass is 338 g/mol. The number of hydrogen-bond acceptors (Lipinski definition) is 4. The highest BCUT2D eigenvalue weighted by Gasteiger charge is 2.21. The summed E-state index contributed by atoms with van der Waals surface area (Å²) in [6, 6.07) is 1.90. The molecule has 136 valence electrons. The van der Waals surface area contributed by atoms with E-state index in [1.807, 2.05) is 20.8 Å². The Bertz CT molecular complexity index is 539. The molecular weight excluding hydrogens is 308 g/mol. The standard InChI is InChI=1S/C18H30N2O4/c1-6-13(2)19-17(21)8-10-20(9-7-11-23-5)18(22)16-12-14(3)24-15(16)4/h12-13H,6-11H2,1-5H3,(H,19,21)/t13-/m1/s1. The van der Waals surface area contributed by atoms with Gasteiger partial charge in [0.25, 0.3) is 5.91 Å². The Morgan fingerprint density at radius 3 is 2.58 bits per heavy atom. The first-order chi connectivity index (χ1) is 11.4. The molecule has 0 aliphatic rings. The first kappa shape index (κ1) is 20.2. The van der Waals surface area contributed by atoms with Crippen LogP contribution in [0, 0.1) is 13.8 Å². The van der Waals surface area contributed by atoms with E-state index in [1.165, 1.54) is 0 Å². The average molecular weight is 338 g/mol. The Labute approximate surface area is 144 Å². The Hall–Kier alpha value is -1.82. The highest BCUT2D eigenvalue weighted by Crippen LogP contribution is 2.16. The number of nitrogens with one attached hydrogen (secondary N) is 1. The lowest BCUT2D eigenvalue weighted by molar-refractivity contribution is -0.121. The van der Waals surface area contributed by atoms with Gasteiger partial charge in [0.1, 0.15) is 11.5 Å². The molecular formula is C18H30N2O4. The summed E-state index contributed by atoms with van der Waals surface area (Å²) in [6.45, 7) is 9.10. The number of carbonyl (C=O) groups excluding carboxylic acids is 2. The molecule has 0 saturated heterocycles. The molecule has 0 unspecified atom stereocenters. The first-order valence-corrected chi connectivity index (χ1v) is 8.53. The number of methoxy groups -OCH3 is 1. The van der Waals surface area contributed by atoms with Crippen molar-refractivity contribution < 1.29 is 18.7 Å². The van der Waals surface area contributed by atoms with Gasteiger partial charge in [0.2, 0.25) is 5.91 Å². The van der Waals surface area contributed by atoms with Crippen molar-refractivity contribution >= 4 is 11.8 Å². The van der Waals surface area contributed by atoms with Crippen molar-refractivity contribution in [2.24, 2.45) is 0 Å². The van der Waals surface area contributed by atoms with E-state index in [0.717, 1.165) is 12.8 Å². The van der Waals surface area contributed by atoms with E-state index in [-0.39, 0.29) is 17.9 Å². The van der Waals surface area contributed by atoms with Crippen molar-refractivity contribution in [2.45, 2.75) is 53.0 Å². The quantitative estimate of drug-likeness (QED) is 0.666. The van der Waals surface area contributed by atoms with Crippen LogP contribution in [-0.2, 0) is 9.53 Å². The summed E-state index contributed by atoms with van der Waals surface area (Å²) in [4.78, 5) is 26.4. The topological polar surface area (TPSA) is 71.8 Å². The lowest BCUT2D eigenvalue weighted by Crippen LogP contribution is -2.38. The molecule has 0 aliphatic heterocycles. The fourth-order valence-electron chi connectivity index (χ4n) is 2.41. The number of amides is 2. The highest BCUT2D eigenvalue weighted by atomic mass is 16.5. The third kappa shape index (κ3) is 6.35. The number of hydrogen-bond donors (Lipinski definition) is 1. The van der Waals surface area contributed by atoms with E-state index in [1.54, 1.807) is 25.0 Å². The van der Waals surface area contributed by atoms with Crippen molar-refractivity contribution in [3.8, 4) is 0 Å². The normalized spacial score (nSPS) is 12.0. The van der Waals surface area contributed by atoms with Gasteiger partial charge in [-0.15, -0.1) is 0 Å². The summed E-state index contributed by atoms with van der Waals surface area (Å²) in [6.07, 6.45) is 1.90. The van der Waals surface area contributed by atoms with Crippen molar-refractivity contribution in [2.75, 3.05) is 26.8 Å². The smallest absolute Gasteiger partial charge is 0.257 e. The molecule has 0 fully saturated rings. The van der Waals surface area contributed by atoms with Gasteiger partial charge in [-0.1, -0.05) is 6.92 Å². The number of ether oxygens (including phenoxy) is 1. The van der Waals surface area contributed by atoms with Crippen LogP contribution in [0.5, 0.6) is 0 Å². The van der Waals surface area contributed by atoms with Gasteiger partial charge in [-0.05, 0) is 39.7 Å². The largest absolute Gasteiger partial charge is 0.466 e. The molecule has 1 N–H and O–H groups in total. The fraction of sp³-hybridized carbons (Fsp3) is 0.667. The van der Waals surface area contributed by atoms with Gasteiger partial charge in [0.15, 0.2) is 0 Å². The zero-order chi connectivity index (χ0) is 18.1. The molecule has 1 aromatic heterocycles. The minimum atomic E-state index is -0.100. The van der Waals surface area contributed by atoms with Gasteiger partial charge in [-0.2, -0.15) is 0 Å². The van der Waals surface area contributed by atoms with Gasteiger partial charge in [-0.25, -0.2) is 0 Å². The Balaban J connectivity index is 2.71. The Morgan fingerprint density at radius 1 is 1.33 bits per heavy atom. The molecule has 0 spiro atoms. The SMILES string of the molecule is CC[C@@H](C)NC(=O)CCN(CCCOC)C(=O)c1cc(C)oc1C. The van der Waals surface area contributed by atoms with Crippen LogP contribution < -0.4 is 5.32 Å². The zero-order valence-electron chi connectivity index (χ0n) is 15.5. The molecule has 1 heterocycles. The first-order valence-electron chi connectivity index (χ1n) is 8.53. The predicted octanol–water partition coefficient (Wildman–Crippen LogP) is 2.68. The molecule has 24 heavy (non-hydrogen) atoms. The molecule has 2 amide bonds. The molecule has 0 radical (unpaired) electrons. The second-order valence-electron chi connectivity index (χ2n) is 6.09. The van der Waals surface area contributed by atoms with Crippen LogP contribution in [0.15, 0.2) is 10.5 Å². The third-order valence-electron chi connectivity index (χ3n) is 3.96. The number of rotatable bonds is 10. The summed E-state index contributed by atoms with van der Waals surface area (Å²) < 4.78 is 10.5. The minimum Gasteiger partial charge on any atom is -0.466 e. The molecule has 1 rings (SSSR count). The van der Waals surface area contributed by atoms with E-state index in [9.17, 15) is 9.59 Å². The lowest BCUT2D eigenvalue weighted by Gasteiger charge is -2.22. The molecule has 6 heteroatoms. The molecule has 0 bridgehead atoms. The van der Waals surface area contributed by atoms with Crippen LogP contribution in [0.1, 0.15) is 55.0 Å². The second kappa shape index (κ2) is 10.1. The van der Waals surface area contributed by atoms with Crippen molar-refractivity contribution in [3.63, 3.8) is 0 Å². The fourth-order valence-corrected chi connectivity index (χ4v) is 2.41. The number of carbonyl (C=O) groups is 2. The maximum Gasteiger partial charge on any atom is 0.257 e. The summed E-state index contributed by atoms with van der Waals surface area (Å²) >= 11 is 0. The second-order valence-corrected chi connectivity index (χ2v) is 6.09. The Morgan fingerprint density at radius 2 is 2.04 bits per heavy atom. The van der Waals surface area contributed by atoms with Crippen LogP contribution in [-0.4, -0.2) is 49.6 Å². The van der Waals surface area contributed by atoms with E-state index in [0.29, 0.717) is 43.2 Å². The van der Waals surface area contributed by atoms with Gasteiger partial charge in [0.05, 0.1) is 5.56 Å². The molecule has 0 aliphatic carbocycles. The predicted molar refractivity (Wildman–Crippen MR) is 93.1 cm³/mol. The van der Waals surface area contributed by atoms with Crippen LogP contribution in [0.25, 0.3) is 0 Å². The summed E-state index contributed by atoms with van der Waals surface area (Å²) in [5.41, 5.74) is 0.562. The molecule has 6 nitrogen and oxygen atoms in total. The molecule has 1 aromatic rings. The summed E-state index contributed by atoms with van der Waals surface area (Å²) in [5, 5.41) is 2.93. The van der Waals surface area contributed by atoms with E-state index in [4.69, 9.17) is 9.15 Å².